The molecule has 2 saturated heterocycles. The normalized spacial score (nSPS) is 21.2. The highest BCUT2D eigenvalue weighted by Gasteiger charge is 2.33. The van der Waals surface area contributed by atoms with Gasteiger partial charge in [-0.1, -0.05) is 36.8 Å². The zero-order valence-electron chi connectivity index (χ0n) is 17.7. The predicted molar refractivity (Wildman–Crippen MR) is 117 cm³/mol. The number of amides is 1. The van der Waals surface area contributed by atoms with E-state index >= 15 is 0 Å². The third kappa shape index (κ3) is 4.51. The monoisotopic (exact) mass is 445 g/mol. The zero-order chi connectivity index (χ0) is 22.0. The zero-order valence-corrected chi connectivity index (χ0v) is 18.5. The summed E-state index contributed by atoms with van der Waals surface area (Å²) in [6.45, 7) is 2.68. The summed E-state index contributed by atoms with van der Waals surface area (Å²) in [4.78, 5) is 17.0. The molecule has 2 heterocycles. The van der Waals surface area contributed by atoms with Crippen molar-refractivity contribution in [2.24, 2.45) is 0 Å². The maximum absolute atomic E-state index is 14.6. The van der Waals surface area contributed by atoms with Crippen LogP contribution in [0.3, 0.4) is 0 Å². The molecule has 0 aliphatic carbocycles. The molecule has 2 aliphatic rings. The van der Waals surface area contributed by atoms with Gasteiger partial charge >= 0.3 is 0 Å². The van der Waals surface area contributed by atoms with E-state index < -0.39 is 20.7 Å². The highest BCUT2D eigenvalue weighted by Crippen LogP contribution is 2.29. The molecule has 6 nitrogen and oxygen atoms in total. The lowest BCUT2D eigenvalue weighted by Gasteiger charge is -2.40. The van der Waals surface area contributed by atoms with Gasteiger partial charge in [0.25, 0.3) is 5.91 Å². The average Bonchev–Trinajstić information content (AvgIpc) is 2.80. The summed E-state index contributed by atoms with van der Waals surface area (Å²) < 4.78 is 42.0. The first-order chi connectivity index (χ1) is 14.9. The minimum atomic E-state index is -3.97. The molecule has 0 bridgehead atoms. The summed E-state index contributed by atoms with van der Waals surface area (Å²) in [6.07, 6.45) is 2.50. The number of carbonyl (C=O) groups excluding carboxylic acids is 1. The fourth-order valence-corrected chi connectivity index (χ4v) is 5.97. The van der Waals surface area contributed by atoms with Crippen molar-refractivity contribution >= 4 is 15.9 Å². The highest BCUT2D eigenvalue weighted by molar-refractivity contribution is 7.89. The number of halogens is 1. The van der Waals surface area contributed by atoms with Crippen LogP contribution in [0.2, 0.25) is 0 Å². The van der Waals surface area contributed by atoms with E-state index in [-0.39, 0.29) is 17.5 Å². The standard InChI is InChI=1S/C23H28FN3O3S/c1-25-14-15-27(21(17-25)18-8-4-2-5-9-18)23(28)19-10-11-20(24)22(16-19)31(29,30)26-12-6-3-7-13-26/h2,4-5,8-11,16,21H,3,6-7,12-15,17H2,1H3/t21-/m0/s1. The van der Waals surface area contributed by atoms with Gasteiger partial charge in [-0.15, -0.1) is 0 Å². The summed E-state index contributed by atoms with van der Waals surface area (Å²) in [7, 11) is -1.96. The van der Waals surface area contributed by atoms with Gasteiger partial charge in [-0.25, -0.2) is 12.8 Å². The van der Waals surface area contributed by atoms with Crippen LogP contribution in [0, 0.1) is 5.82 Å². The van der Waals surface area contributed by atoms with Gasteiger partial charge in [0, 0.05) is 38.3 Å². The van der Waals surface area contributed by atoms with Crippen molar-refractivity contribution in [1.29, 1.82) is 0 Å². The number of piperazine rings is 1. The molecular formula is C23H28FN3O3S. The summed E-state index contributed by atoms with van der Waals surface area (Å²) >= 11 is 0. The Morgan fingerprint density at radius 3 is 2.39 bits per heavy atom. The van der Waals surface area contributed by atoms with Crippen LogP contribution in [0.4, 0.5) is 4.39 Å². The maximum Gasteiger partial charge on any atom is 0.254 e. The van der Waals surface area contributed by atoms with E-state index in [1.165, 1.54) is 16.4 Å². The van der Waals surface area contributed by atoms with Crippen molar-refractivity contribution < 1.29 is 17.6 Å². The molecule has 2 aliphatic heterocycles. The van der Waals surface area contributed by atoms with E-state index in [9.17, 15) is 17.6 Å². The molecule has 1 amide bonds. The number of nitrogens with zero attached hydrogens (tertiary/aromatic N) is 3. The highest BCUT2D eigenvalue weighted by atomic mass is 32.2. The van der Waals surface area contributed by atoms with Gasteiger partial charge in [0.05, 0.1) is 6.04 Å². The average molecular weight is 446 g/mol. The van der Waals surface area contributed by atoms with Gasteiger partial charge in [0.15, 0.2) is 0 Å². The molecule has 2 aromatic rings. The molecule has 0 unspecified atom stereocenters. The molecule has 2 aromatic carbocycles. The lowest BCUT2D eigenvalue weighted by Crippen LogP contribution is -2.49. The number of carbonyl (C=O) groups is 1. The van der Waals surface area contributed by atoms with Gasteiger partial charge < -0.3 is 9.80 Å². The largest absolute Gasteiger partial charge is 0.329 e. The molecule has 8 heteroatoms. The molecule has 0 saturated carbocycles. The minimum Gasteiger partial charge on any atom is -0.329 e. The van der Waals surface area contributed by atoms with Crippen LogP contribution < -0.4 is 0 Å². The lowest BCUT2D eigenvalue weighted by molar-refractivity contribution is 0.0497. The first kappa shape index (κ1) is 21.9. The fourth-order valence-electron chi connectivity index (χ4n) is 4.37. The molecule has 0 N–H and O–H groups in total. The third-order valence-electron chi connectivity index (χ3n) is 6.14. The number of hydrogen-bond donors (Lipinski definition) is 0. The Labute approximate surface area is 183 Å². The molecule has 4 rings (SSSR count). The fraction of sp³-hybridized carbons (Fsp3) is 0.435. The van der Waals surface area contributed by atoms with Crippen molar-refractivity contribution in [3.8, 4) is 0 Å². The second-order valence-corrected chi connectivity index (χ2v) is 10.2. The number of sulfonamides is 1. The maximum atomic E-state index is 14.6. The van der Waals surface area contributed by atoms with Crippen molar-refractivity contribution in [3.63, 3.8) is 0 Å². The SMILES string of the molecule is CN1CCN(C(=O)c2ccc(F)c(S(=O)(=O)N3CCCCC3)c2)[C@H](c2ccccc2)C1. The molecule has 166 valence electrons. The topological polar surface area (TPSA) is 60.9 Å². The van der Waals surface area contributed by atoms with Crippen molar-refractivity contribution in [1.82, 2.24) is 14.1 Å². The van der Waals surface area contributed by atoms with E-state index in [0.717, 1.165) is 37.4 Å². The number of likely N-dealkylation sites (N-methyl/N-ethyl adjacent to an activating group) is 1. The summed E-state index contributed by atoms with van der Waals surface area (Å²) in [5.41, 5.74) is 1.22. The first-order valence-corrected chi connectivity index (χ1v) is 12.2. The Bertz CT molecular complexity index is 1040. The smallest absolute Gasteiger partial charge is 0.254 e. The molecule has 2 fully saturated rings. The van der Waals surface area contributed by atoms with Crippen LogP contribution in [0.5, 0.6) is 0 Å². The van der Waals surface area contributed by atoms with Crippen LogP contribution in [-0.4, -0.2) is 68.2 Å². The van der Waals surface area contributed by atoms with E-state index in [4.69, 9.17) is 0 Å². The number of benzene rings is 2. The molecule has 0 spiro atoms. The van der Waals surface area contributed by atoms with E-state index in [1.54, 1.807) is 4.90 Å². The van der Waals surface area contributed by atoms with Crippen molar-refractivity contribution in [2.75, 3.05) is 39.8 Å². The quantitative estimate of drug-likeness (QED) is 0.726. The predicted octanol–water partition coefficient (Wildman–Crippen LogP) is 3.13. The number of piperidine rings is 1. The van der Waals surface area contributed by atoms with Gasteiger partial charge in [0.1, 0.15) is 10.7 Å². The second-order valence-electron chi connectivity index (χ2n) is 8.30. The molecule has 1 atom stereocenters. The Balaban J connectivity index is 1.66. The van der Waals surface area contributed by atoms with E-state index in [2.05, 4.69) is 4.90 Å². The van der Waals surface area contributed by atoms with Crippen molar-refractivity contribution in [3.05, 3.63) is 65.5 Å². The van der Waals surface area contributed by atoms with Gasteiger partial charge in [-0.3, -0.25) is 4.79 Å². The Hall–Kier alpha value is -2.29. The van der Waals surface area contributed by atoms with Crippen LogP contribution in [0.25, 0.3) is 0 Å². The number of rotatable bonds is 4. The summed E-state index contributed by atoms with van der Waals surface area (Å²) in [5, 5.41) is 0. The summed E-state index contributed by atoms with van der Waals surface area (Å²) in [5.74, 6) is -1.10. The van der Waals surface area contributed by atoms with E-state index in [1.807, 2.05) is 37.4 Å². The Morgan fingerprint density at radius 2 is 1.68 bits per heavy atom. The van der Waals surface area contributed by atoms with Crippen LogP contribution >= 0.6 is 0 Å². The molecule has 0 radical (unpaired) electrons. The van der Waals surface area contributed by atoms with Crippen molar-refractivity contribution in [2.45, 2.75) is 30.2 Å². The van der Waals surface area contributed by atoms with E-state index in [0.29, 0.717) is 26.2 Å². The minimum absolute atomic E-state index is 0.153. The molecular weight excluding hydrogens is 417 g/mol. The van der Waals surface area contributed by atoms with Gasteiger partial charge in [-0.05, 0) is 43.7 Å². The third-order valence-corrected chi connectivity index (χ3v) is 8.05. The lowest BCUT2D eigenvalue weighted by atomic mass is 10.0. The van der Waals surface area contributed by atoms with Gasteiger partial charge in [-0.2, -0.15) is 4.31 Å². The van der Waals surface area contributed by atoms with Crippen LogP contribution in [0.1, 0.15) is 41.2 Å². The van der Waals surface area contributed by atoms with Crippen LogP contribution in [0.15, 0.2) is 53.4 Å². The summed E-state index contributed by atoms with van der Waals surface area (Å²) in [6, 6.07) is 13.3. The van der Waals surface area contributed by atoms with Gasteiger partial charge in [0.2, 0.25) is 10.0 Å². The number of hydrogen-bond acceptors (Lipinski definition) is 4. The first-order valence-electron chi connectivity index (χ1n) is 10.7. The Kier molecular flexibility index (Phi) is 6.41. The van der Waals surface area contributed by atoms with Crippen LogP contribution in [-0.2, 0) is 10.0 Å². The molecule has 31 heavy (non-hydrogen) atoms. The Morgan fingerprint density at radius 1 is 0.968 bits per heavy atom. The molecule has 0 aromatic heterocycles. The second kappa shape index (κ2) is 9.06.